The van der Waals surface area contributed by atoms with Gasteiger partial charge in [-0.25, -0.2) is 8.78 Å². The summed E-state index contributed by atoms with van der Waals surface area (Å²) in [7, 11) is 0. The lowest BCUT2D eigenvalue weighted by atomic mass is 9.96. The average molecular weight is 347 g/mol. The summed E-state index contributed by atoms with van der Waals surface area (Å²) in [6.07, 6.45) is 2.35. The van der Waals surface area contributed by atoms with Crippen molar-refractivity contribution in [3.63, 3.8) is 0 Å². The molecule has 132 valence electrons. The molecule has 1 saturated carbocycles. The SMILES string of the molecule is Cc1nc(C2CCCN(C(=O)C3CC3c3cc(F)ccc3F)C2)no1. The van der Waals surface area contributed by atoms with Crippen LogP contribution in [0.1, 0.15) is 48.4 Å². The van der Waals surface area contributed by atoms with Gasteiger partial charge in [-0.3, -0.25) is 4.79 Å². The van der Waals surface area contributed by atoms with Gasteiger partial charge >= 0.3 is 0 Å². The number of piperidine rings is 1. The number of aryl methyl sites for hydroxylation is 1. The van der Waals surface area contributed by atoms with Crippen molar-refractivity contribution in [3.8, 4) is 0 Å². The summed E-state index contributed by atoms with van der Waals surface area (Å²) in [5, 5.41) is 3.96. The Morgan fingerprint density at radius 1 is 1.36 bits per heavy atom. The number of nitrogens with zero attached hydrogens (tertiary/aromatic N) is 3. The van der Waals surface area contributed by atoms with Crippen molar-refractivity contribution < 1.29 is 18.1 Å². The predicted octanol–water partition coefficient (Wildman–Crippen LogP) is 3.17. The number of rotatable bonds is 3. The molecular formula is C18H19F2N3O2. The quantitative estimate of drug-likeness (QED) is 0.856. The third-order valence-corrected chi connectivity index (χ3v) is 5.11. The minimum absolute atomic E-state index is 0.0126. The molecule has 1 aromatic carbocycles. The molecule has 7 heteroatoms. The van der Waals surface area contributed by atoms with Crippen molar-refractivity contribution in [3.05, 3.63) is 47.1 Å². The molecule has 1 aliphatic heterocycles. The van der Waals surface area contributed by atoms with E-state index >= 15 is 0 Å². The first-order valence-electron chi connectivity index (χ1n) is 8.57. The Kier molecular flexibility index (Phi) is 4.01. The fourth-order valence-corrected chi connectivity index (χ4v) is 3.71. The fraction of sp³-hybridized carbons (Fsp3) is 0.500. The molecule has 25 heavy (non-hydrogen) atoms. The minimum Gasteiger partial charge on any atom is -0.342 e. The molecular weight excluding hydrogens is 328 g/mol. The second kappa shape index (κ2) is 6.20. The molecule has 1 amide bonds. The van der Waals surface area contributed by atoms with Crippen LogP contribution in [-0.4, -0.2) is 34.0 Å². The van der Waals surface area contributed by atoms with Crippen LogP contribution in [0.15, 0.2) is 22.7 Å². The van der Waals surface area contributed by atoms with Crippen molar-refractivity contribution >= 4 is 5.91 Å². The van der Waals surface area contributed by atoms with Crippen LogP contribution in [0.25, 0.3) is 0 Å². The van der Waals surface area contributed by atoms with Crippen molar-refractivity contribution in [2.45, 2.75) is 38.0 Å². The summed E-state index contributed by atoms with van der Waals surface area (Å²) < 4.78 is 32.3. The van der Waals surface area contributed by atoms with Crippen LogP contribution in [0.3, 0.4) is 0 Å². The van der Waals surface area contributed by atoms with Gasteiger partial charge < -0.3 is 9.42 Å². The Morgan fingerprint density at radius 3 is 2.96 bits per heavy atom. The number of likely N-dealkylation sites (tertiary alicyclic amines) is 1. The van der Waals surface area contributed by atoms with E-state index < -0.39 is 11.6 Å². The highest BCUT2D eigenvalue weighted by atomic mass is 19.1. The Bertz CT molecular complexity index is 807. The highest BCUT2D eigenvalue weighted by Crippen LogP contribution is 2.49. The average Bonchev–Trinajstić information content (AvgIpc) is 3.29. The van der Waals surface area contributed by atoms with E-state index in [9.17, 15) is 13.6 Å². The summed E-state index contributed by atoms with van der Waals surface area (Å²) in [5.74, 6) is -0.170. The van der Waals surface area contributed by atoms with Crippen LogP contribution in [-0.2, 0) is 4.79 Å². The van der Waals surface area contributed by atoms with Crippen LogP contribution in [0, 0.1) is 24.5 Å². The van der Waals surface area contributed by atoms with Gasteiger partial charge in [0.05, 0.1) is 0 Å². The highest BCUT2D eigenvalue weighted by Gasteiger charge is 2.47. The Balaban J connectivity index is 1.44. The molecule has 5 nitrogen and oxygen atoms in total. The first kappa shape index (κ1) is 16.2. The highest BCUT2D eigenvalue weighted by molar-refractivity contribution is 5.83. The predicted molar refractivity (Wildman–Crippen MR) is 84.8 cm³/mol. The zero-order valence-electron chi connectivity index (χ0n) is 13.9. The maximum absolute atomic E-state index is 13.9. The summed E-state index contributed by atoms with van der Waals surface area (Å²) in [4.78, 5) is 18.8. The molecule has 1 aliphatic carbocycles. The van der Waals surface area contributed by atoms with Gasteiger partial charge in [-0.2, -0.15) is 4.98 Å². The topological polar surface area (TPSA) is 59.2 Å². The molecule has 2 fully saturated rings. The number of carbonyl (C=O) groups is 1. The van der Waals surface area contributed by atoms with Crippen molar-refractivity contribution in [2.24, 2.45) is 5.92 Å². The van der Waals surface area contributed by atoms with E-state index in [1.165, 1.54) is 6.07 Å². The van der Waals surface area contributed by atoms with Crippen LogP contribution in [0.2, 0.25) is 0 Å². The maximum atomic E-state index is 13.9. The summed E-state index contributed by atoms with van der Waals surface area (Å²) in [5.41, 5.74) is 0.306. The molecule has 0 N–H and O–H groups in total. The van der Waals surface area contributed by atoms with E-state index in [4.69, 9.17) is 4.52 Å². The lowest BCUT2D eigenvalue weighted by molar-refractivity contribution is -0.133. The van der Waals surface area contributed by atoms with E-state index in [2.05, 4.69) is 10.1 Å². The summed E-state index contributed by atoms with van der Waals surface area (Å²) in [6.45, 7) is 2.97. The number of hydrogen-bond donors (Lipinski definition) is 0. The Labute approximate surface area is 144 Å². The standard InChI is InChI=1S/C18H19F2N3O2/c1-10-21-17(22-25-10)11-3-2-6-23(9-11)18(24)15-8-13(15)14-7-12(19)4-5-16(14)20/h4-5,7,11,13,15H,2-3,6,8-9H2,1H3. The van der Waals surface area contributed by atoms with E-state index in [1.54, 1.807) is 6.92 Å². The fourth-order valence-electron chi connectivity index (χ4n) is 3.71. The van der Waals surface area contributed by atoms with Crippen LogP contribution in [0.4, 0.5) is 8.78 Å². The van der Waals surface area contributed by atoms with Crippen LogP contribution < -0.4 is 0 Å². The zero-order chi connectivity index (χ0) is 17.6. The number of halogens is 2. The van der Waals surface area contributed by atoms with Gasteiger partial charge in [0.25, 0.3) is 0 Å². The lowest BCUT2D eigenvalue weighted by Gasteiger charge is -2.31. The van der Waals surface area contributed by atoms with Gasteiger partial charge in [0.2, 0.25) is 11.8 Å². The molecule has 0 bridgehead atoms. The van der Waals surface area contributed by atoms with Gasteiger partial charge in [-0.15, -0.1) is 0 Å². The number of carbonyl (C=O) groups excluding carboxylic acids is 1. The smallest absolute Gasteiger partial charge is 0.226 e. The van der Waals surface area contributed by atoms with Crippen molar-refractivity contribution in [2.75, 3.05) is 13.1 Å². The van der Waals surface area contributed by atoms with Gasteiger partial charge in [0.15, 0.2) is 5.82 Å². The van der Waals surface area contributed by atoms with Crippen molar-refractivity contribution in [1.29, 1.82) is 0 Å². The number of amides is 1. The molecule has 2 heterocycles. The third-order valence-electron chi connectivity index (χ3n) is 5.11. The van der Waals surface area contributed by atoms with E-state index in [0.29, 0.717) is 36.8 Å². The third kappa shape index (κ3) is 3.15. The molecule has 4 rings (SSSR count). The zero-order valence-corrected chi connectivity index (χ0v) is 13.9. The molecule has 2 aliphatic rings. The number of aromatic nitrogens is 2. The molecule has 1 saturated heterocycles. The Morgan fingerprint density at radius 2 is 2.20 bits per heavy atom. The second-order valence-electron chi connectivity index (χ2n) is 6.91. The maximum Gasteiger partial charge on any atom is 0.226 e. The molecule has 0 spiro atoms. The first-order chi connectivity index (χ1) is 12.0. The van der Waals surface area contributed by atoms with Gasteiger partial charge in [-0.1, -0.05) is 5.16 Å². The Hall–Kier alpha value is -2.31. The van der Waals surface area contributed by atoms with Gasteiger partial charge in [-0.05, 0) is 48.9 Å². The normalized spacial score (nSPS) is 25.9. The molecule has 3 unspecified atom stereocenters. The number of benzene rings is 1. The first-order valence-corrected chi connectivity index (χ1v) is 8.57. The monoisotopic (exact) mass is 347 g/mol. The van der Waals surface area contributed by atoms with E-state index in [1.807, 2.05) is 4.90 Å². The second-order valence-corrected chi connectivity index (χ2v) is 6.91. The van der Waals surface area contributed by atoms with Crippen LogP contribution >= 0.6 is 0 Å². The van der Waals surface area contributed by atoms with Crippen molar-refractivity contribution in [1.82, 2.24) is 15.0 Å². The minimum atomic E-state index is -0.472. The molecule has 3 atom stereocenters. The van der Waals surface area contributed by atoms with Gasteiger partial charge in [0.1, 0.15) is 11.6 Å². The lowest BCUT2D eigenvalue weighted by Crippen LogP contribution is -2.40. The van der Waals surface area contributed by atoms with E-state index in [-0.39, 0.29) is 23.7 Å². The van der Waals surface area contributed by atoms with E-state index in [0.717, 1.165) is 25.0 Å². The molecule has 0 radical (unpaired) electrons. The molecule has 2 aromatic rings. The van der Waals surface area contributed by atoms with Crippen LogP contribution in [0.5, 0.6) is 0 Å². The largest absolute Gasteiger partial charge is 0.342 e. The summed E-state index contributed by atoms with van der Waals surface area (Å²) >= 11 is 0. The molecule has 1 aromatic heterocycles. The number of hydrogen-bond acceptors (Lipinski definition) is 4. The van der Waals surface area contributed by atoms with Gasteiger partial charge in [0, 0.05) is 31.8 Å². The summed E-state index contributed by atoms with van der Waals surface area (Å²) in [6, 6.07) is 3.43.